The zero-order chi connectivity index (χ0) is 7.07. The molecule has 0 unspecified atom stereocenters. The Labute approximate surface area is 61.2 Å². The summed E-state index contributed by atoms with van der Waals surface area (Å²) in [6.07, 6.45) is 10.6. The molecule has 0 atom stereocenters. The highest BCUT2D eigenvalue weighted by molar-refractivity contribution is 4.67. The summed E-state index contributed by atoms with van der Waals surface area (Å²) in [5, 5.41) is 3.35. The van der Waals surface area contributed by atoms with Crippen LogP contribution in [0.1, 0.15) is 32.1 Å². The van der Waals surface area contributed by atoms with Gasteiger partial charge in [0.25, 0.3) is 0 Å². The van der Waals surface area contributed by atoms with Crippen molar-refractivity contribution in [2.45, 2.75) is 32.1 Å². The number of hydrogen-bond acceptors (Lipinski definition) is 2. The van der Waals surface area contributed by atoms with E-state index in [0.717, 1.165) is 0 Å². The van der Waals surface area contributed by atoms with Gasteiger partial charge >= 0.3 is 0 Å². The maximum absolute atomic E-state index is 4.33. The fraction of sp³-hybridized carbons (Fsp3) is 0.625. The van der Waals surface area contributed by atoms with Crippen molar-refractivity contribution in [3.63, 3.8) is 0 Å². The first-order chi connectivity index (χ1) is 5.00. The predicted molar refractivity (Wildman–Crippen MR) is 39.6 cm³/mol. The monoisotopic (exact) mass is 139 g/mol. The minimum atomic E-state index is 1.50. The van der Waals surface area contributed by atoms with Crippen LogP contribution in [0.25, 0.3) is 0 Å². The Morgan fingerprint density at radius 1 is 1.00 bits per heavy atom. The molecule has 0 saturated heterocycles. The van der Waals surface area contributed by atoms with Crippen LogP contribution in [0.3, 0.4) is 0 Å². The van der Waals surface area contributed by atoms with Crippen LogP contribution >= 0.6 is 0 Å². The smallest absolute Gasteiger partial charge is 0.123 e. The molecule has 0 aromatic carbocycles. The molecule has 1 aliphatic rings. The molecule has 1 aliphatic carbocycles. The summed E-state index contributed by atoms with van der Waals surface area (Å²) in [5.41, 5.74) is 0. The van der Waals surface area contributed by atoms with Gasteiger partial charge < -0.3 is 4.52 Å². The molecule has 1 aromatic heterocycles. The van der Waals surface area contributed by atoms with Crippen LogP contribution in [0.15, 0.2) is 23.0 Å². The highest BCUT2D eigenvalue weighted by atomic mass is 16.5. The summed E-state index contributed by atoms with van der Waals surface area (Å²) in [6.45, 7) is 0. The highest BCUT2D eigenvalue weighted by Gasteiger charge is 1.95. The average Bonchev–Trinajstić information content (AvgIpc) is 2.67. The lowest BCUT2D eigenvalue weighted by molar-refractivity contribution is 0.420. The number of rotatable bonds is 0. The van der Waals surface area contributed by atoms with Gasteiger partial charge in [-0.1, -0.05) is 37.3 Å². The Morgan fingerprint density at radius 2 is 1.60 bits per heavy atom. The van der Waals surface area contributed by atoms with Crippen LogP contribution in [-0.2, 0) is 0 Å². The molecule has 0 spiro atoms. The van der Waals surface area contributed by atoms with E-state index in [0.29, 0.717) is 0 Å². The van der Waals surface area contributed by atoms with Gasteiger partial charge in [0.15, 0.2) is 0 Å². The predicted octanol–water partition coefficient (Wildman–Crippen LogP) is 2.63. The lowest BCUT2D eigenvalue weighted by Gasteiger charge is -1.67. The van der Waals surface area contributed by atoms with Gasteiger partial charge in [-0.25, -0.2) is 0 Å². The molecule has 10 heavy (non-hydrogen) atoms. The van der Waals surface area contributed by atoms with E-state index < -0.39 is 0 Å². The molecule has 0 amide bonds. The van der Waals surface area contributed by atoms with Gasteiger partial charge in [0.05, 0.1) is 6.20 Å². The molecule has 0 aliphatic heterocycles. The van der Waals surface area contributed by atoms with Crippen LogP contribution in [0.5, 0.6) is 0 Å². The quantitative estimate of drug-likeness (QED) is 0.552. The lowest BCUT2D eigenvalue weighted by Crippen LogP contribution is -1.47. The van der Waals surface area contributed by atoms with Crippen LogP contribution in [0.2, 0.25) is 0 Å². The van der Waals surface area contributed by atoms with Crippen molar-refractivity contribution in [1.82, 2.24) is 5.16 Å². The van der Waals surface area contributed by atoms with Gasteiger partial charge in [-0.2, -0.15) is 0 Å². The number of nitrogens with zero attached hydrogens (tertiary/aromatic N) is 1. The molecule has 1 heterocycles. The molecule has 1 saturated carbocycles. The first-order valence-corrected chi connectivity index (χ1v) is 3.84. The van der Waals surface area contributed by atoms with Crippen molar-refractivity contribution in [1.29, 1.82) is 0 Å². The van der Waals surface area contributed by atoms with E-state index >= 15 is 0 Å². The second-order valence-corrected chi connectivity index (χ2v) is 2.46. The van der Waals surface area contributed by atoms with Gasteiger partial charge in [-0.3, -0.25) is 0 Å². The van der Waals surface area contributed by atoms with E-state index in [1.807, 2.05) is 0 Å². The van der Waals surface area contributed by atoms with Crippen molar-refractivity contribution in [3.05, 3.63) is 18.5 Å². The van der Waals surface area contributed by atoms with Crippen LogP contribution in [0, 0.1) is 0 Å². The van der Waals surface area contributed by atoms with Crippen LogP contribution < -0.4 is 0 Å². The molecule has 1 fully saturated rings. The van der Waals surface area contributed by atoms with E-state index in [1.54, 1.807) is 12.3 Å². The molecule has 2 rings (SSSR count). The van der Waals surface area contributed by atoms with E-state index in [9.17, 15) is 0 Å². The van der Waals surface area contributed by atoms with E-state index in [-0.39, 0.29) is 0 Å². The molecular formula is C8H13NO. The Bertz CT molecular complexity index is 108. The summed E-state index contributed by atoms with van der Waals surface area (Å²) >= 11 is 0. The van der Waals surface area contributed by atoms with Crippen molar-refractivity contribution in [2.24, 2.45) is 0 Å². The molecule has 56 valence electrons. The fourth-order valence-electron chi connectivity index (χ4n) is 1.06. The SMILES string of the molecule is C1CCCC1.c1cnoc1. The molecule has 0 radical (unpaired) electrons. The zero-order valence-corrected chi connectivity index (χ0v) is 6.12. The molecule has 2 heteroatoms. The van der Waals surface area contributed by atoms with Crippen molar-refractivity contribution in [2.75, 3.05) is 0 Å². The normalized spacial score (nSPS) is 16.0. The van der Waals surface area contributed by atoms with Gasteiger partial charge in [-0.05, 0) is 6.07 Å². The molecule has 2 nitrogen and oxygen atoms in total. The first-order valence-electron chi connectivity index (χ1n) is 3.84. The van der Waals surface area contributed by atoms with Crippen molar-refractivity contribution < 1.29 is 4.52 Å². The highest BCUT2D eigenvalue weighted by Crippen LogP contribution is 2.15. The summed E-state index contributed by atoms with van der Waals surface area (Å²) < 4.78 is 4.33. The zero-order valence-electron chi connectivity index (χ0n) is 6.12. The Kier molecular flexibility index (Phi) is 3.68. The largest absolute Gasteiger partial charge is 0.365 e. The number of hydrogen-bond donors (Lipinski definition) is 0. The van der Waals surface area contributed by atoms with E-state index in [4.69, 9.17) is 0 Å². The summed E-state index contributed by atoms with van der Waals surface area (Å²) in [7, 11) is 0. The van der Waals surface area contributed by atoms with Crippen LogP contribution in [0.4, 0.5) is 0 Å². The second-order valence-electron chi connectivity index (χ2n) is 2.46. The third-order valence-corrected chi connectivity index (χ3v) is 1.60. The van der Waals surface area contributed by atoms with Gasteiger partial charge in [0.2, 0.25) is 0 Å². The Hall–Kier alpha value is -0.790. The van der Waals surface area contributed by atoms with Crippen molar-refractivity contribution >= 4 is 0 Å². The summed E-state index contributed by atoms with van der Waals surface area (Å²) in [6, 6.07) is 1.72. The average molecular weight is 139 g/mol. The Morgan fingerprint density at radius 3 is 1.80 bits per heavy atom. The third kappa shape index (κ3) is 3.28. The van der Waals surface area contributed by atoms with Gasteiger partial charge in [0.1, 0.15) is 6.26 Å². The number of aromatic nitrogens is 1. The summed E-state index contributed by atoms with van der Waals surface area (Å²) in [5.74, 6) is 0. The second kappa shape index (κ2) is 5.03. The minimum Gasteiger partial charge on any atom is -0.365 e. The van der Waals surface area contributed by atoms with Crippen LogP contribution in [-0.4, -0.2) is 5.16 Å². The van der Waals surface area contributed by atoms with Gasteiger partial charge in [-0.15, -0.1) is 0 Å². The fourth-order valence-corrected chi connectivity index (χ4v) is 1.06. The maximum Gasteiger partial charge on any atom is 0.123 e. The minimum absolute atomic E-state index is 1.50. The van der Waals surface area contributed by atoms with Crippen molar-refractivity contribution in [3.8, 4) is 0 Å². The lowest BCUT2D eigenvalue weighted by atomic mass is 10.4. The van der Waals surface area contributed by atoms with E-state index in [2.05, 4.69) is 9.68 Å². The third-order valence-electron chi connectivity index (χ3n) is 1.60. The standard InChI is InChI=1S/C5H10.C3H3NO/c2*1-2-4-5-3-1/h1-5H2;1-3H. The summed E-state index contributed by atoms with van der Waals surface area (Å²) in [4.78, 5) is 0. The molecule has 0 bridgehead atoms. The molecule has 0 N–H and O–H groups in total. The Balaban J connectivity index is 0.0000001000. The van der Waals surface area contributed by atoms with Gasteiger partial charge in [0, 0.05) is 0 Å². The van der Waals surface area contributed by atoms with E-state index in [1.165, 1.54) is 38.4 Å². The topological polar surface area (TPSA) is 26.0 Å². The molecule has 1 aromatic rings. The maximum atomic E-state index is 4.33. The first kappa shape index (κ1) is 7.32. The molecular weight excluding hydrogens is 126 g/mol.